The Hall–Kier alpha value is -1.97. The van der Waals surface area contributed by atoms with Crippen molar-refractivity contribution >= 4 is 46.3 Å². The van der Waals surface area contributed by atoms with Crippen LogP contribution in [0.15, 0.2) is 18.2 Å². The van der Waals surface area contributed by atoms with Gasteiger partial charge in [0.05, 0.1) is 12.5 Å². The molecular weight excluding hydrogens is 415 g/mol. The summed E-state index contributed by atoms with van der Waals surface area (Å²) in [5.41, 5.74) is 1.04. The highest BCUT2D eigenvalue weighted by Crippen LogP contribution is 2.39. The summed E-state index contributed by atoms with van der Waals surface area (Å²) in [6.07, 6.45) is 0.0576. The summed E-state index contributed by atoms with van der Waals surface area (Å²) < 4.78 is 0.884. The minimum atomic E-state index is -1.05. The summed E-state index contributed by atoms with van der Waals surface area (Å²) in [5, 5.41) is 11.4. The van der Waals surface area contributed by atoms with Crippen LogP contribution in [0.5, 0.6) is 0 Å². The van der Waals surface area contributed by atoms with Crippen LogP contribution in [0.4, 0.5) is 0 Å². The molecule has 2 aliphatic rings. The number of carboxylic acids is 1. The average molecular weight is 428 g/mol. The van der Waals surface area contributed by atoms with Gasteiger partial charge < -0.3 is 10.0 Å². The first kappa shape index (κ1) is 15.9. The van der Waals surface area contributed by atoms with E-state index in [1.165, 1.54) is 4.90 Å². The molecule has 1 fully saturated rings. The number of carboxylic acid groups (broad SMARTS) is 1. The molecule has 0 bridgehead atoms. The number of halogens is 1. The molecule has 1 saturated heterocycles. The Balaban J connectivity index is 2.02. The molecule has 0 spiro atoms. The fourth-order valence-electron chi connectivity index (χ4n) is 3.11. The summed E-state index contributed by atoms with van der Waals surface area (Å²) in [4.78, 5) is 48.7. The zero-order valence-electron chi connectivity index (χ0n) is 11.9. The van der Waals surface area contributed by atoms with Gasteiger partial charge in [-0.2, -0.15) is 0 Å². The second-order valence-electron chi connectivity index (χ2n) is 5.52. The van der Waals surface area contributed by atoms with Crippen LogP contribution >= 0.6 is 22.6 Å². The van der Waals surface area contributed by atoms with Crippen LogP contribution in [0.2, 0.25) is 0 Å². The molecule has 1 aromatic rings. The third-order valence-electron chi connectivity index (χ3n) is 4.09. The van der Waals surface area contributed by atoms with Gasteiger partial charge in [-0.05, 0) is 52.8 Å². The predicted molar refractivity (Wildman–Crippen MR) is 86.5 cm³/mol. The SMILES string of the molecule is O=C(O)CC1c2cc(I)ccc2C(=O)N1C1CCC(=O)NC1=O. The third-order valence-corrected chi connectivity index (χ3v) is 4.76. The van der Waals surface area contributed by atoms with E-state index in [0.717, 1.165) is 3.57 Å². The second-order valence-corrected chi connectivity index (χ2v) is 6.77. The molecule has 2 heterocycles. The molecule has 0 aliphatic carbocycles. The fraction of sp³-hybridized carbons (Fsp3) is 0.333. The number of aliphatic carboxylic acids is 1. The number of imide groups is 1. The standard InChI is InChI=1S/C15H13IN2O5/c16-7-1-2-8-9(5-7)11(6-13(20)21)18(15(8)23)10-3-4-12(19)17-14(10)22/h1-2,5,10-11H,3-4,6H2,(H,20,21)(H,17,19,22). The van der Waals surface area contributed by atoms with Crippen molar-refractivity contribution in [1.82, 2.24) is 10.2 Å². The first-order chi connectivity index (χ1) is 10.9. The lowest BCUT2D eigenvalue weighted by atomic mass is 9.99. The molecule has 2 unspecified atom stereocenters. The summed E-state index contributed by atoms with van der Waals surface area (Å²) in [5.74, 6) is -2.34. The van der Waals surface area contributed by atoms with E-state index in [-0.39, 0.29) is 31.1 Å². The predicted octanol–water partition coefficient (Wildman–Crippen LogP) is 1.07. The van der Waals surface area contributed by atoms with Gasteiger partial charge in [-0.15, -0.1) is 0 Å². The minimum Gasteiger partial charge on any atom is -0.481 e. The second kappa shape index (κ2) is 5.91. The highest BCUT2D eigenvalue weighted by atomic mass is 127. The maximum Gasteiger partial charge on any atom is 0.305 e. The first-order valence-electron chi connectivity index (χ1n) is 7.06. The van der Waals surface area contributed by atoms with E-state index in [1.54, 1.807) is 18.2 Å². The molecule has 2 aliphatic heterocycles. The van der Waals surface area contributed by atoms with Gasteiger partial charge in [-0.25, -0.2) is 0 Å². The quantitative estimate of drug-likeness (QED) is 0.554. The molecule has 1 aromatic carbocycles. The molecule has 3 rings (SSSR count). The summed E-state index contributed by atoms with van der Waals surface area (Å²) in [6, 6.07) is 3.67. The van der Waals surface area contributed by atoms with Gasteiger partial charge >= 0.3 is 5.97 Å². The number of carbonyl (C=O) groups excluding carboxylic acids is 3. The molecule has 0 saturated carbocycles. The zero-order chi connectivity index (χ0) is 16.7. The van der Waals surface area contributed by atoms with Crippen LogP contribution in [0, 0.1) is 3.57 Å². The molecule has 2 N–H and O–H groups in total. The molecular formula is C15H13IN2O5. The molecule has 120 valence electrons. The minimum absolute atomic E-state index is 0.133. The highest BCUT2D eigenvalue weighted by Gasteiger charge is 2.45. The summed E-state index contributed by atoms with van der Waals surface area (Å²) in [7, 11) is 0. The number of nitrogens with one attached hydrogen (secondary N) is 1. The van der Waals surface area contributed by atoms with E-state index in [4.69, 9.17) is 0 Å². The van der Waals surface area contributed by atoms with Crippen LogP contribution < -0.4 is 5.32 Å². The van der Waals surface area contributed by atoms with Gasteiger partial charge in [0.15, 0.2) is 0 Å². The highest BCUT2D eigenvalue weighted by molar-refractivity contribution is 14.1. The topological polar surface area (TPSA) is 104 Å². The largest absolute Gasteiger partial charge is 0.481 e. The Kier molecular flexibility index (Phi) is 4.09. The Morgan fingerprint density at radius 3 is 2.74 bits per heavy atom. The number of hydrogen-bond donors (Lipinski definition) is 2. The first-order valence-corrected chi connectivity index (χ1v) is 8.14. The number of rotatable bonds is 3. The molecule has 0 radical (unpaired) electrons. The van der Waals surface area contributed by atoms with Crippen molar-refractivity contribution in [3.8, 4) is 0 Å². The summed E-state index contributed by atoms with van der Waals surface area (Å²) in [6.45, 7) is 0. The van der Waals surface area contributed by atoms with E-state index in [0.29, 0.717) is 11.1 Å². The van der Waals surface area contributed by atoms with Gasteiger partial charge in [0.25, 0.3) is 5.91 Å². The lowest BCUT2D eigenvalue weighted by Gasteiger charge is -2.33. The van der Waals surface area contributed by atoms with Crippen LogP contribution in [0.1, 0.15) is 41.2 Å². The van der Waals surface area contributed by atoms with E-state index in [9.17, 15) is 24.3 Å². The zero-order valence-corrected chi connectivity index (χ0v) is 14.1. The van der Waals surface area contributed by atoms with E-state index >= 15 is 0 Å². The Morgan fingerprint density at radius 2 is 2.09 bits per heavy atom. The maximum atomic E-state index is 12.7. The van der Waals surface area contributed by atoms with Crippen molar-refractivity contribution in [2.24, 2.45) is 0 Å². The van der Waals surface area contributed by atoms with Crippen molar-refractivity contribution in [1.29, 1.82) is 0 Å². The van der Waals surface area contributed by atoms with E-state index < -0.39 is 24.0 Å². The van der Waals surface area contributed by atoms with Gasteiger partial charge in [-0.3, -0.25) is 24.5 Å². The van der Waals surface area contributed by atoms with Crippen molar-refractivity contribution < 1.29 is 24.3 Å². The van der Waals surface area contributed by atoms with Gasteiger partial charge in [-0.1, -0.05) is 0 Å². The van der Waals surface area contributed by atoms with E-state index in [2.05, 4.69) is 27.9 Å². The number of carbonyl (C=O) groups is 4. The van der Waals surface area contributed by atoms with Crippen LogP contribution in [-0.4, -0.2) is 39.7 Å². The number of amides is 3. The maximum absolute atomic E-state index is 12.7. The Morgan fingerprint density at radius 1 is 1.35 bits per heavy atom. The number of fused-ring (bicyclic) bond motifs is 1. The Bertz CT molecular complexity index is 733. The normalized spacial score (nSPS) is 23.7. The average Bonchev–Trinajstić information content (AvgIpc) is 2.71. The van der Waals surface area contributed by atoms with Crippen molar-refractivity contribution in [2.75, 3.05) is 0 Å². The molecule has 3 amide bonds. The van der Waals surface area contributed by atoms with Crippen molar-refractivity contribution in [3.63, 3.8) is 0 Å². The van der Waals surface area contributed by atoms with Crippen molar-refractivity contribution in [2.45, 2.75) is 31.3 Å². The monoisotopic (exact) mass is 428 g/mol. The van der Waals surface area contributed by atoms with Crippen LogP contribution in [0.25, 0.3) is 0 Å². The lowest BCUT2D eigenvalue weighted by molar-refractivity contribution is -0.141. The van der Waals surface area contributed by atoms with E-state index in [1.807, 2.05) is 0 Å². The smallest absolute Gasteiger partial charge is 0.305 e. The van der Waals surface area contributed by atoms with Gasteiger partial charge in [0, 0.05) is 15.6 Å². The number of benzene rings is 1. The van der Waals surface area contributed by atoms with Crippen LogP contribution in [0.3, 0.4) is 0 Å². The molecule has 0 aromatic heterocycles. The van der Waals surface area contributed by atoms with Crippen LogP contribution in [-0.2, 0) is 14.4 Å². The molecule has 7 nitrogen and oxygen atoms in total. The van der Waals surface area contributed by atoms with Gasteiger partial charge in [0.1, 0.15) is 6.04 Å². The number of piperidine rings is 1. The molecule has 2 atom stereocenters. The molecule has 23 heavy (non-hydrogen) atoms. The van der Waals surface area contributed by atoms with Gasteiger partial charge in [0.2, 0.25) is 11.8 Å². The third kappa shape index (κ3) is 2.82. The van der Waals surface area contributed by atoms with Crippen molar-refractivity contribution in [3.05, 3.63) is 32.9 Å². The number of nitrogens with zero attached hydrogens (tertiary/aromatic N) is 1. The Labute approximate surface area is 145 Å². The number of hydrogen-bond acceptors (Lipinski definition) is 4. The fourth-order valence-corrected chi connectivity index (χ4v) is 3.63. The molecule has 8 heteroatoms. The summed E-state index contributed by atoms with van der Waals surface area (Å²) >= 11 is 2.09. The lowest BCUT2D eigenvalue weighted by Crippen LogP contribution is -2.53.